The Kier molecular flexibility index (Phi) is 7.05. The fourth-order valence-electron chi connectivity index (χ4n) is 3.95. The monoisotopic (exact) mass is 522 g/mol. The first-order chi connectivity index (χ1) is 18.8. The molecule has 9 heteroatoms. The summed E-state index contributed by atoms with van der Waals surface area (Å²) in [5.41, 5.74) is 9.70. The molecule has 196 valence electrons. The average molecular weight is 523 g/mol. The van der Waals surface area contributed by atoms with E-state index in [0.717, 1.165) is 11.1 Å². The number of hydrogen-bond donors (Lipinski definition) is 3. The third-order valence-electron chi connectivity index (χ3n) is 6.13. The molecule has 0 atom stereocenters. The number of nitrogen functional groups attached to an aromatic ring is 1. The number of aryl methyl sites for hydroxylation is 1. The summed E-state index contributed by atoms with van der Waals surface area (Å²) in [4.78, 5) is 26.5. The van der Waals surface area contributed by atoms with Gasteiger partial charge in [0.25, 0.3) is 5.91 Å². The van der Waals surface area contributed by atoms with Gasteiger partial charge in [-0.15, -0.1) is 0 Å². The van der Waals surface area contributed by atoms with Crippen molar-refractivity contribution in [1.29, 1.82) is 0 Å². The Morgan fingerprint density at radius 2 is 1.77 bits per heavy atom. The van der Waals surface area contributed by atoms with Gasteiger partial charge < -0.3 is 21.1 Å². The third-order valence-corrected chi connectivity index (χ3v) is 6.13. The van der Waals surface area contributed by atoms with Gasteiger partial charge in [-0.25, -0.2) is 19.3 Å². The number of carbonyl (C=O) groups is 1. The van der Waals surface area contributed by atoms with Crippen LogP contribution in [-0.2, 0) is 0 Å². The number of halogens is 1. The molecule has 5 aromatic rings. The maximum atomic E-state index is 13.7. The standard InChI is InChI=1S/C30H27FN6O2/c1-17(2)25-12-10-23-28(36-25)33-16-34-29(23)37-26-15-19(30(38)35-21-7-11-24(31)18(3)14-21)4-13-27(26)39-22-8-5-20(32)6-9-22/h4-17H,32H2,1-3H3,(H,35,38)(H,33,34,36,37). The number of fused-ring (bicyclic) bond motifs is 1. The molecular formula is C30H27FN6O2. The minimum Gasteiger partial charge on any atom is -0.455 e. The third kappa shape index (κ3) is 5.77. The predicted octanol–water partition coefficient (Wildman–Crippen LogP) is 6.97. The summed E-state index contributed by atoms with van der Waals surface area (Å²) < 4.78 is 19.8. The summed E-state index contributed by atoms with van der Waals surface area (Å²) in [7, 11) is 0. The van der Waals surface area contributed by atoms with Gasteiger partial charge in [-0.2, -0.15) is 0 Å². The lowest BCUT2D eigenvalue weighted by Gasteiger charge is -2.16. The van der Waals surface area contributed by atoms with Gasteiger partial charge >= 0.3 is 0 Å². The van der Waals surface area contributed by atoms with Gasteiger partial charge in [0.05, 0.1) is 11.1 Å². The van der Waals surface area contributed by atoms with Crippen LogP contribution in [0.4, 0.5) is 27.3 Å². The first-order valence-corrected chi connectivity index (χ1v) is 12.4. The van der Waals surface area contributed by atoms with Crippen LogP contribution in [0, 0.1) is 12.7 Å². The molecule has 0 aliphatic rings. The van der Waals surface area contributed by atoms with Crippen molar-refractivity contribution in [3.63, 3.8) is 0 Å². The number of anilines is 4. The minimum atomic E-state index is -0.362. The molecule has 0 aliphatic heterocycles. The smallest absolute Gasteiger partial charge is 0.255 e. The Morgan fingerprint density at radius 1 is 0.974 bits per heavy atom. The van der Waals surface area contributed by atoms with E-state index < -0.39 is 0 Å². The number of aromatic nitrogens is 3. The van der Waals surface area contributed by atoms with Crippen LogP contribution in [-0.4, -0.2) is 20.9 Å². The first-order valence-electron chi connectivity index (χ1n) is 12.4. The summed E-state index contributed by atoms with van der Waals surface area (Å²) in [5.74, 6) is 1.10. The highest BCUT2D eigenvalue weighted by atomic mass is 19.1. The van der Waals surface area contributed by atoms with Crippen LogP contribution in [0.1, 0.15) is 41.4 Å². The second-order valence-corrected chi connectivity index (χ2v) is 9.41. The lowest BCUT2D eigenvalue weighted by molar-refractivity contribution is 0.102. The van der Waals surface area contributed by atoms with Gasteiger partial charge in [0, 0.05) is 22.6 Å². The molecule has 3 aromatic carbocycles. The summed E-state index contributed by atoms with van der Waals surface area (Å²) in [5, 5.41) is 6.84. The van der Waals surface area contributed by atoms with Crippen LogP contribution in [0.15, 0.2) is 79.1 Å². The molecule has 2 aromatic heterocycles. The van der Waals surface area contributed by atoms with Crippen molar-refractivity contribution in [2.24, 2.45) is 0 Å². The number of hydrogen-bond acceptors (Lipinski definition) is 7. The van der Waals surface area contributed by atoms with E-state index in [-0.39, 0.29) is 17.6 Å². The molecule has 4 N–H and O–H groups in total. The number of nitrogens with two attached hydrogens (primary N) is 1. The molecular weight excluding hydrogens is 495 g/mol. The van der Waals surface area contributed by atoms with E-state index >= 15 is 0 Å². The highest BCUT2D eigenvalue weighted by Crippen LogP contribution is 2.34. The topological polar surface area (TPSA) is 115 Å². The molecule has 0 saturated heterocycles. The Balaban J connectivity index is 1.51. The van der Waals surface area contributed by atoms with Crippen LogP contribution in [0.3, 0.4) is 0 Å². The molecule has 0 spiro atoms. The molecule has 1 amide bonds. The second-order valence-electron chi connectivity index (χ2n) is 9.41. The van der Waals surface area contributed by atoms with E-state index in [1.165, 1.54) is 18.5 Å². The summed E-state index contributed by atoms with van der Waals surface area (Å²) in [6, 6.07) is 20.3. The number of carbonyl (C=O) groups excluding carboxylic acids is 1. The van der Waals surface area contributed by atoms with Crippen molar-refractivity contribution in [3.8, 4) is 11.5 Å². The Labute approximate surface area is 225 Å². The molecule has 0 fully saturated rings. The molecule has 0 aliphatic carbocycles. The number of pyridine rings is 1. The van der Waals surface area contributed by atoms with E-state index in [0.29, 0.717) is 51.2 Å². The predicted molar refractivity (Wildman–Crippen MR) is 151 cm³/mol. The van der Waals surface area contributed by atoms with Crippen molar-refractivity contribution in [3.05, 3.63) is 102 Å². The fourth-order valence-corrected chi connectivity index (χ4v) is 3.95. The van der Waals surface area contributed by atoms with Gasteiger partial charge in [-0.3, -0.25) is 4.79 Å². The van der Waals surface area contributed by atoms with Crippen LogP contribution in [0.2, 0.25) is 0 Å². The zero-order chi connectivity index (χ0) is 27.5. The molecule has 5 rings (SSSR count). The zero-order valence-electron chi connectivity index (χ0n) is 21.7. The van der Waals surface area contributed by atoms with Crippen LogP contribution >= 0.6 is 0 Å². The SMILES string of the molecule is Cc1cc(NC(=O)c2ccc(Oc3ccc(N)cc3)c(Nc3ncnc4nc(C(C)C)ccc34)c2)ccc1F. The lowest BCUT2D eigenvalue weighted by atomic mass is 10.1. The maximum absolute atomic E-state index is 13.7. The average Bonchev–Trinajstić information content (AvgIpc) is 2.92. The number of amides is 1. The Bertz CT molecular complexity index is 1670. The lowest BCUT2D eigenvalue weighted by Crippen LogP contribution is -2.12. The highest BCUT2D eigenvalue weighted by Gasteiger charge is 2.15. The second kappa shape index (κ2) is 10.7. The molecule has 0 radical (unpaired) electrons. The van der Waals surface area contributed by atoms with Crippen LogP contribution in [0.5, 0.6) is 11.5 Å². The van der Waals surface area contributed by atoms with Gasteiger partial charge in [0.2, 0.25) is 0 Å². The first kappa shape index (κ1) is 25.6. The van der Waals surface area contributed by atoms with Gasteiger partial charge in [-0.05, 0) is 91.2 Å². The normalized spacial score (nSPS) is 11.0. The van der Waals surface area contributed by atoms with Crippen molar-refractivity contribution in [1.82, 2.24) is 15.0 Å². The van der Waals surface area contributed by atoms with E-state index in [1.807, 2.05) is 12.1 Å². The highest BCUT2D eigenvalue weighted by molar-refractivity contribution is 6.05. The fraction of sp³-hybridized carbons (Fsp3) is 0.133. The number of nitrogens with zero attached hydrogens (tertiary/aromatic N) is 3. The quantitative estimate of drug-likeness (QED) is 0.198. The minimum absolute atomic E-state index is 0.251. The molecule has 0 unspecified atom stereocenters. The summed E-state index contributed by atoms with van der Waals surface area (Å²) in [6.45, 7) is 5.78. The summed E-state index contributed by atoms with van der Waals surface area (Å²) in [6.07, 6.45) is 1.44. The van der Waals surface area contributed by atoms with E-state index in [4.69, 9.17) is 10.5 Å². The van der Waals surface area contributed by atoms with Crippen molar-refractivity contribution in [2.45, 2.75) is 26.7 Å². The van der Waals surface area contributed by atoms with Crippen molar-refractivity contribution >= 4 is 39.8 Å². The molecule has 8 nitrogen and oxygen atoms in total. The zero-order valence-corrected chi connectivity index (χ0v) is 21.7. The maximum Gasteiger partial charge on any atom is 0.255 e. The van der Waals surface area contributed by atoms with Crippen molar-refractivity contribution < 1.29 is 13.9 Å². The van der Waals surface area contributed by atoms with Gasteiger partial charge in [-0.1, -0.05) is 13.8 Å². The molecule has 2 heterocycles. The molecule has 0 bridgehead atoms. The van der Waals surface area contributed by atoms with E-state index in [2.05, 4.69) is 39.4 Å². The van der Waals surface area contributed by atoms with E-state index in [9.17, 15) is 9.18 Å². The number of benzene rings is 3. The molecule has 0 saturated carbocycles. The summed E-state index contributed by atoms with van der Waals surface area (Å²) >= 11 is 0. The Hall–Kier alpha value is -5.05. The van der Waals surface area contributed by atoms with E-state index in [1.54, 1.807) is 55.5 Å². The van der Waals surface area contributed by atoms with Gasteiger partial charge in [0.15, 0.2) is 11.4 Å². The Morgan fingerprint density at radius 3 is 2.51 bits per heavy atom. The van der Waals surface area contributed by atoms with Crippen LogP contribution < -0.4 is 21.1 Å². The number of nitrogens with one attached hydrogen (secondary N) is 2. The number of ether oxygens (including phenoxy) is 1. The van der Waals surface area contributed by atoms with Crippen LogP contribution in [0.25, 0.3) is 11.0 Å². The van der Waals surface area contributed by atoms with Crippen molar-refractivity contribution in [2.75, 3.05) is 16.4 Å². The number of rotatable bonds is 7. The van der Waals surface area contributed by atoms with Gasteiger partial charge in [0.1, 0.15) is 23.7 Å². The largest absolute Gasteiger partial charge is 0.455 e. The molecule has 39 heavy (non-hydrogen) atoms.